The highest BCUT2D eigenvalue weighted by Gasteiger charge is 2.41. The largest absolute Gasteiger partial charge is 0.481 e. The molecule has 0 bridgehead atoms. The number of sulfonamides is 1. The van der Waals surface area contributed by atoms with Gasteiger partial charge in [0.1, 0.15) is 0 Å². The molecule has 7 heteroatoms. The molecular formula is C10H17NO5S. The molecule has 1 aliphatic carbocycles. The van der Waals surface area contributed by atoms with E-state index in [1.807, 2.05) is 0 Å². The van der Waals surface area contributed by atoms with Crippen LogP contribution in [0.5, 0.6) is 0 Å². The van der Waals surface area contributed by atoms with Gasteiger partial charge >= 0.3 is 5.97 Å². The van der Waals surface area contributed by atoms with Gasteiger partial charge in [-0.1, -0.05) is 0 Å². The molecule has 0 amide bonds. The van der Waals surface area contributed by atoms with Crippen LogP contribution in [0.3, 0.4) is 0 Å². The summed E-state index contributed by atoms with van der Waals surface area (Å²) in [5.74, 6) is -1.39. The van der Waals surface area contributed by atoms with E-state index in [1.54, 1.807) is 0 Å². The molecule has 0 aromatic carbocycles. The molecule has 98 valence electrons. The average Bonchev–Trinajstić information content (AvgIpc) is 2.74. The van der Waals surface area contributed by atoms with E-state index in [0.29, 0.717) is 13.2 Å². The summed E-state index contributed by atoms with van der Waals surface area (Å²) in [6.07, 6.45) is 2.35. The zero-order valence-electron chi connectivity index (χ0n) is 9.54. The molecule has 2 unspecified atom stereocenters. The first kappa shape index (κ1) is 12.8. The van der Waals surface area contributed by atoms with Gasteiger partial charge in [-0.25, -0.2) is 8.42 Å². The molecule has 1 saturated carbocycles. The number of ether oxygens (including phenoxy) is 1. The normalized spacial score (nSPS) is 30.1. The Bertz CT molecular complexity index is 394. The van der Waals surface area contributed by atoms with E-state index in [-0.39, 0.29) is 24.3 Å². The summed E-state index contributed by atoms with van der Waals surface area (Å²) in [6, 6.07) is -0.0810. The van der Waals surface area contributed by atoms with E-state index in [0.717, 1.165) is 19.3 Å². The van der Waals surface area contributed by atoms with Gasteiger partial charge in [0.25, 0.3) is 0 Å². The van der Waals surface area contributed by atoms with E-state index in [9.17, 15) is 13.2 Å². The number of carboxylic acid groups (broad SMARTS) is 1. The predicted molar refractivity (Wildman–Crippen MR) is 60.1 cm³/mol. The molecule has 6 nitrogen and oxygen atoms in total. The number of aliphatic carboxylic acids is 1. The third-order valence-corrected chi connectivity index (χ3v) is 5.25. The van der Waals surface area contributed by atoms with Gasteiger partial charge in [-0.15, -0.1) is 0 Å². The fraction of sp³-hybridized carbons (Fsp3) is 0.900. The molecule has 2 aliphatic rings. The van der Waals surface area contributed by atoms with Crippen molar-refractivity contribution < 1.29 is 23.1 Å². The van der Waals surface area contributed by atoms with Gasteiger partial charge in [-0.2, -0.15) is 4.31 Å². The van der Waals surface area contributed by atoms with E-state index in [4.69, 9.17) is 9.84 Å². The van der Waals surface area contributed by atoms with Gasteiger partial charge < -0.3 is 9.84 Å². The predicted octanol–water partition coefficient (Wildman–Crippen LogP) is 0.0442. The van der Waals surface area contributed by atoms with Crippen molar-refractivity contribution in [1.29, 1.82) is 0 Å². The first-order chi connectivity index (χ1) is 8.00. The standard InChI is InChI=1S/C10H17NO5S/c12-10(13)4-7-17(14,15)11-5-6-16-9-3-1-2-8(9)11/h8-9H,1-7H2,(H,12,13). The Kier molecular flexibility index (Phi) is 3.70. The molecule has 1 aliphatic heterocycles. The van der Waals surface area contributed by atoms with Crippen molar-refractivity contribution >= 4 is 16.0 Å². The number of hydrogen-bond acceptors (Lipinski definition) is 4. The Hall–Kier alpha value is -0.660. The molecule has 2 rings (SSSR count). The van der Waals surface area contributed by atoms with E-state index in [1.165, 1.54) is 4.31 Å². The van der Waals surface area contributed by atoms with Crippen LogP contribution in [-0.2, 0) is 19.6 Å². The van der Waals surface area contributed by atoms with Crippen LogP contribution < -0.4 is 0 Å². The topological polar surface area (TPSA) is 83.9 Å². The summed E-state index contributed by atoms with van der Waals surface area (Å²) < 4.78 is 31.1. The molecule has 1 N–H and O–H groups in total. The Balaban J connectivity index is 2.06. The van der Waals surface area contributed by atoms with Crippen LogP contribution >= 0.6 is 0 Å². The monoisotopic (exact) mass is 263 g/mol. The van der Waals surface area contributed by atoms with Crippen LogP contribution in [0.25, 0.3) is 0 Å². The highest BCUT2D eigenvalue weighted by atomic mass is 32.2. The smallest absolute Gasteiger partial charge is 0.304 e. The highest BCUT2D eigenvalue weighted by molar-refractivity contribution is 7.89. The van der Waals surface area contributed by atoms with Gasteiger partial charge in [0.15, 0.2) is 0 Å². The Labute approximate surface area is 101 Å². The highest BCUT2D eigenvalue weighted by Crippen LogP contribution is 2.31. The Morgan fingerprint density at radius 1 is 1.41 bits per heavy atom. The zero-order valence-corrected chi connectivity index (χ0v) is 10.4. The summed E-state index contributed by atoms with van der Waals surface area (Å²) in [5, 5.41) is 8.55. The SMILES string of the molecule is O=C(O)CCS(=O)(=O)N1CCOC2CCCC21. The number of morpholine rings is 1. The minimum atomic E-state index is -3.46. The van der Waals surface area contributed by atoms with Gasteiger partial charge in [0.2, 0.25) is 10.0 Å². The van der Waals surface area contributed by atoms with Crippen LogP contribution in [0, 0.1) is 0 Å². The van der Waals surface area contributed by atoms with Crippen molar-refractivity contribution in [2.45, 2.75) is 37.8 Å². The number of fused-ring (bicyclic) bond motifs is 1. The van der Waals surface area contributed by atoms with E-state index >= 15 is 0 Å². The van der Waals surface area contributed by atoms with Crippen molar-refractivity contribution in [2.75, 3.05) is 18.9 Å². The first-order valence-electron chi connectivity index (χ1n) is 5.83. The lowest BCUT2D eigenvalue weighted by molar-refractivity contribution is -0.136. The first-order valence-corrected chi connectivity index (χ1v) is 7.44. The number of carboxylic acids is 1. The molecule has 1 saturated heterocycles. The van der Waals surface area contributed by atoms with Crippen LogP contribution in [0.15, 0.2) is 0 Å². The average molecular weight is 263 g/mol. The number of rotatable bonds is 4. The second-order valence-corrected chi connectivity index (χ2v) is 6.52. The molecule has 2 fully saturated rings. The zero-order chi connectivity index (χ0) is 12.5. The van der Waals surface area contributed by atoms with E-state index in [2.05, 4.69) is 0 Å². The van der Waals surface area contributed by atoms with Gasteiger partial charge in [-0.3, -0.25) is 4.79 Å². The van der Waals surface area contributed by atoms with Crippen LogP contribution in [0.2, 0.25) is 0 Å². The fourth-order valence-electron chi connectivity index (χ4n) is 2.57. The van der Waals surface area contributed by atoms with Crippen molar-refractivity contribution in [3.8, 4) is 0 Å². The molecule has 2 atom stereocenters. The van der Waals surface area contributed by atoms with Crippen molar-refractivity contribution in [2.24, 2.45) is 0 Å². The molecule has 0 radical (unpaired) electrons. The molecule has 0 aromatic heterocycles. The Morgan fingerprint density at radius 2 is 2.18 bits per heavy atom. The molecule has 17 heavy (non-hydrogen) atoms. The second kappa shape index (κ2) is 4.91. The second-order valence-electron chi connectivity index (χ2n) is 4.48. The minimum Gasteiger partial charge on any atom is -0.481 e. The Morgan fingerprint density at radius 3 is 2.88 bits per heavy atom. The summed E-state index contributed by atoms with van der Waals surface area (Å²) in [6.45, 7) is 0.761. The molecule has 1 heterocycles. The third kappa shape index (κ3) is 2.78. The maximum Gasteiger partial charge on any atom is 0.304 e. The van der Waals surface area contributed by atoms with Crippen LogP contribution in [0.1, 0.15) is 25.7 Å². The van der Waals surface area contributed by atoms with Gasteiger partial charge in [0.05, 0.1) is 30.9 Å². The minimum absolute atomic E-state index is 0.00310. The lowest BCUT2D eigenvalue weighted by Crippen LogP contribution is -2.51. The number of hydrogen-bond donors (Lipinski definition) is 1. The van der Waals surface area contributed by atoms with Crippen molar-refractivity contribution in [3.63, 3.8) is 0 Å². The lowest BCUT2D eigenvalue weighted by Gasteiger charge is -2.36. The van der Waals surface area contributed by atoms with Crippen molar-refractivity contribution in [3.05, 3.63) is 0 Å². The quantitative estimate of drug-likeness (QED) is 0.774. The van der Waals surface area contributed by atoms with Gasteiger partial charge in [-0.05, 0) is 19.3 Å². The van der Waals surface area contributed by atoms with Crippen molar-refractivity contribution in [1.82, 2.24) is 4.31 Å². The summed E-state index contributed by atoms with van der Waals surface area (Å²) in [4.78, 5) is 10.4. The summed E-state index contributed by atoms with van der Waals surface area (Å²) >= 11 is 0. The third-order valence-electron chi connectivity index (χ3n) is 3.36. The number of nitrogens with zero attached hydrogens (tertiary/aromatic N) is 1. The fourth-order valence-corrected chi connectivity index (χ4v) is 4.24. The number of carbonyl (C=O) groups is 1. The van der Waals surface area contributed by atoms with Crippen LogP contribution in [0.4, 0.5) is 0 Å². The molecular weight excluding hydrogens is 246 g/mol. The maximum atomic E-state index is 12.0. The van der Waals surface area contributed by atoms with E-state index < -0.39 is 16.0 Å². The molecule has 0 spiro atoms. The molecule has 0 aromatic rings. The van der Waals surface area contributed by atoms with Crippen LogP contribution in [-0.4, -0.2) is 54.8 Å². The summed E-state index contributed by atoms with van der Waals surface area (Å²) in [5.41, 5.74) is 0. The lowest BCUT2D eigenvalue weighted by atomic mass is 10.2. The van der Waals surface area contributed by atoms with Gasteiger partial charge in [0, 0.05) is 6.54 Å². The maximum absolute atomic E-state index is 12.0. The summed E-state index contributed by atoms with van der Waals surface area (Å²) in [7, 11) is -3.46.